The molecular weight excluding hydrogens is 196 g/mol. The third-order valence-corrected chi connectivity index (χ3v) is 3.80. The van der Waals surface area contributed by atoms with E-state index >= 15 is 0 Å². The van der Waals surface area contributed by atoms with Gasteiger partial charge in [-0.3, -0.25) is 4.98 Å². The number of aryl methyl sites for hydroxylation is 1. The molecule has 1 aliphatic heterocycles. The zero-order valence-corrected chi connectivity index (χ0v) is 9.11. The van der Waals surface area contributed by atoms with Gasteiger partial charge in [-0.05, 0) is 30.9 Å². The Hall–Kier alpha value is -1.70. The van der Waals surface area contributed by atoms with E-state index in [1.807, 2.05) is 12.4 Å². The minimum absolute atomic E-state index is 1.01. The number of hydrogen-bond donors (Lipinski definition) is 0. The van der Waals surface area contributed by atoms with E-state index in [1.165, 1.54) is 36.1 Å². The van der Waals surface area contributed by atoms with Crippen LogP contribution >= 0.6 is 0 Å². The first-order valence-electron chi connectivity index (χ1n) is 5.91. The maximum Gasteiger partial charge on any atom is 0.218 e. The van der Waals surface area contributed by atoms with Crippen LogP contribution in [0.4, 0.5) is 0 Å². The van der Waals surface area contributed by atoms with Crippen molar-refractivity contribution in [3.8, 4) is 11.3 Å². The first-order valence-corrected chi connectivity index (χ1v) is 5.91. The normalized spacial score (nSPS) is 15.8. The zero-order valence-electron chi connectivity index (χ0n) is 9.11. The van der Waals surface area contributed by atoms with Gasteiger partial charge in [0.05, 0.1) is 5.56 Å². The smallest absolute Gasteiger partial charge is 0.218 e. The maximum atomic E-state index is 4.27. The molecule has 2 aromatic rings. The van der Waals surface area contributed by atoms with E-state index in [2.05, 4.69) is 27.9 Å². The van der Waals surface area contributed by atoms with Crippen molar-refractivity contribution in [3.63, 3.8) is 0 Å². The third kappa shape index (κ3) is 0.967. The number of pyridine rings is 2. The lowest BCUT2D eigenvalue weighted by atomic mass is 10.0. The fourth-order valence-corrected chi connectivity index (χ4v) is 3.06. The zero-order chi connectivity index (χ0) is 10.5. The molecule has 2 aromatic heterocycles. The van der Waals surface area contributed by atoms with Crippen molar-refractivity contribution < 1.29 is 4.57 Å². The average Bonchev–Trinajstić information content (AvgIpc) is 2.91. The van der Waals surface area contributed by atoms with Gasteiger partial charge < -0.3 is 0 Å². The lowest BCUT2D eigenvalue weighted by Crippen LogP contribution is -2.32. The van der Waals surface area contributed by atoms with Crippen molar-refractivity contribution in [1.29, 1.82) is 0 Å². The quantitative estimate of drug-likeness (QED) is 0.517. The first-order chi connectivity index (χ1) is 7.93. The summed E-state index contributed by atoms with van der Waals surface area (Å²) < 4.78 is 2.37. The van der Waals surface area contributed by atoms with Crippen LogP contribution in [0.25, 0.3) is 11.3 Å². The summed E-state index contributed by atoms with van der Waals surface area (Å²) in [5.74, 6) is 0. The Balaban J connectivity index is 2.06. The summed E-state index contributed by atoms with van der Waals surface area (Å²) in [5, 5.41) is 0. The molecule has 0 amide bonds. The van der Waals surface area contributed by atoms with E-state index in [0.29, 0.717) is 0 Å². The van der Waals surface area contributed by atoms with Crippen LogP contribution in [0.3, 0.4) is 0 Å². The molecule has 0 atom stereocenters. The summed E-state index contributed by atoms with van der Waals surface area (Å²) in [6.07, 6.45) is 9.94. The molecule has 0 aromatic carbocycles. The summed E-state index contributed by atoms with van der Waals surface area (Å²) >= 11 is 0. The van der Waals surface area contributed by atoms with Gasteiger partial charge in [-0.1, -0.05) is 0 Å². The summed E-state index contributed by atoms with van der Waals surface area (Å²) in [7, 11) is 0. The molecule has 0 spiro atoms. The minimum atomic E-state index is 1.01. The lowest BCUT2D eigenvalue weighted by molar-refractivity contribution is -0.672. The van der Waals surface area contributed by atoms with Gasteiger partial charge in [0, 0.05) is 29.6 Å². The van der Waals surface area contributed by atoms with Crippen LogP contribution < -0.4 is 4.57 Å². The Morgan fingerprint density at radius 3 is 3.12 bits per heavy atom. The molecule has 4 rings (SSSR count). The van der Waals surface area contributed by atoms with Crippen LogP contribution in [0.1, 0.15) is 23.1 Å². The molecule has 16 heavy (non-hydrogen) atoms. The van der Waals surface area contributed by atoms with Crippen LogP contribution in [0.5, 0.6) is 0 Å². The number of aromatic nitrogens is 2. The molecule has 0 radical (unpaired) electrons. The first kappa shape index (κ1) is 8.45. The van der Waals surface area contributed by atoms with Gasteiger partial charge in [0.25, 0.3) is 0 Å². The van der Waals surface area contributed by atoms with Crippen molar-refractivity contribution in [1.82, 2.24) is 4.98 Å². The molecule has 2 heteroatoms. The second-order valence-corrected chi connectivity index (χ2v) is 4.68. The number of rotatable bonds is 0. The highest BCUT2D eigenvalue weighted by Crippen LogP contribution is 2.34. The standard InChI is InChI=1S/C14H13N2/c1-2-10-5-7-16-9-11-4-6-15-8-13(11)14(16)12(10)3-1/h4-8H,1-3,9H2/q+1. The van der Waals surface area contributed by atoms with Crippen LogP contribution in [0, 0.1) is 0 Å². The molecule has 78 valence electrons. The molecule has 0 fully saturated rings. The second-order valence-electron chi connectivity index (χ2n) is 4.68. The summed E-state index contributed by atoms with van der Waals surface area (Å²) in [6, 6.07) is 4.44. The van der Waals surface area contributed by atoms with Gasteiger partial charge in [0.2, 0.25) is 5.69 Å². The second kappa shape index (κ2) is 2.91. The largest absolute Gasteiger partial charge is 0.264 e. The Morgan fingerprint density at radius 2 is 2.12 bits per heavy atom. The Kier molecular flexibility index (Phi) is 1.54. The highest BCUT2D eigenvalue weighted by atomic mass is 15.0. The van der Waals surface area contributed by atoms with Crippen molar-refractivity contribution in [2.45, 2.75) is 25.8 Å². The monoisotopic (exact) mass is 209 g/mol. The summed E-state index contributed by atoms with van der Waals surface area (Å²) in [5.41, 5.74) is 7.30. The number of nitrogens with zero attached hydrogens (tertiary/aromatic N) is 2. The molecule has 1 aliphatic carbocycles. The highest BCUT2D eigenvalue weighted by Gasteiger charge is 2.31. The molecule has 3 heterocycles. The lowest BCUT2D eigenvalue weighted by Gasteiger charge is -2.01. The van der Waals surface area contributed by atoms with Gasteiger partial charge >= 0.3 is 0 Å². The van der Waals surface area contributed by atoms with Crippen LogP contribution in [-0.4, -0.2) is 4.98 Å². The van der Waals surface area contributed by atoms with Gasteiger partial charge in [-0.25, -0.2) is 0 Å². The van der Waals surface area contributed by atoms with Crippen molar-refractivity contribution in [2.75, 3.05) is 0 Å². The highest BCUT2D eigenvalue weighted by molar-refractivity contribution is 5.67. The predicted octanol–water partition coefficient (Wildman–Crippen LogP) is 1.89. The topological polar surface area (TPSA) is 16.8 Å². The van der Waals surface area contributed by atoms with Crippen molar-refractivity contribution in [3.05, 3.63) is 47.4 Å². The minimum Gasteiger partial charge on any atom is -0.264 e. The van der Waals surface area contributed by atoms with Crippen LogP contribution in [-0.2, 0) is 19.4 Å². The SMILES string of the molecule is c1cc2c(cn1)-c1c3c(cc[n+]1C2)CCC3. The maximum absolute atomic E-state index is 4.27. The summed E-state index contributed by atoms with van der Waals surface area (Å²) in [4.78, 5) is 4.27. The predicted molar refractivity (Wildman–Crippen MR) is 61.0 cm³/mol. The molecular formula is C14H13N2+. The van der Waals surface area contributed by atoms with E-state index in [-0.39, 0.29) is 0 Å². The van der Waals surface area contributed by atoms with Crippen LogP contribution in [0.15, 0.2) is 30.7 Å². The third-order valence-electron chi connectivity index (χ3n) is 3.80. The van der Waals surface area contributed by atoms with Crippen molar-refractivity contribution in [2.24, 2.45) is 0 Å². The number of fused-ring (bicyclic) bond motifs is 5. The fourth-order valence-electron chi connectivity index (χ4n) is 3.06. The van der Waals surface area contributed by atoms with E-state index in [4.69, 9.17) is 0 Å². The average molecular weight is 209 g/mol. The van der Waals surface area contributed by atoms with E-state index in [9.17, 15) is 0 Å². The van der Waals surface area contributed by atoms with Gasteiger partial charge in [0.15, 0.2) is 12.7 Å². The summed E-state index contributed by atoms with van der Waals surface area (Å²) in [6.45, 7) is 1.01. The molecule has 2 aliphatic rings. The van der Waals surface area contributed by atoms with Gasteiger partial charge in [-0.2, -0.15) is 4.57 Å². The Labute approximate surface area is 94.6 Å². The molecule has 0 saturated carbocycles. The molecule has 0 unspecified atom stereocenters. The van der Waals surface area contributed by atoms with Gasteiger partial charge in [-0.15, -0.1) is 0 Å². The Morgan fingerprint density at radius 1 is 1.12 bits per heavy atom. The van der Waals surface area contributed by atoms with E-state index in [0.717, 1.165) is 6.54 Å². The molecule has 0 N–H and O–H groups in total. The molecule has 2 nitrogen and oxygen atoms in total. The Bertz CT molecular complexity index is 587. The fraction of sp³-hybridized carbons (Fsp3) is 0.286. The van der Waals surface area contributed by atoms with E-state index in [1.54, 1.807) is 11.1 Å². The van der Waals surface area contributed by atoms with Gasteiger partial charge in [0.1, 0.15) is 0 Å². The van der Waals surface area contributed by atoms with Crippen LogP contribution in [0.2, 0.25) is 0 Å². The molecule has 0 bridgehead atoms. The molecule has 0 saturated heterocycles. The van der Waals surface area contributed by atoms with E-state index < -0.39 is 0 Å². The number of hydrogen-bond acceptors (Lipinski definition) is 1. The van der Waals surface area contributed by atoms with Crippen molar-refractivity contribution >= 4 is 0 Å².